The van der Waals surface area contributed by atoms with Crippen LogP contribution >= 0.6 is 0 Å². The molecule has 2 heterocycles. The predicted molar refractivity (Wildman–Crippen MR) is 80.5 cm³/mol. The van der Waals surface area contributed by atoms with E-state index in [4.69, 9.17) is 10.2 Å². The minimum Gasteiger partial charge on any atom is -0.451 e. The molecule has 0 spiro atoms. The fourth-order valence-corrected chi connectivity index (χ4v) is 3.56. The molecule has 3 unspecified atom stereocenters. The van der Waals surface area contributed by atoms with Crippen molar-refractivity contribution in [3.63, 3.8) is 0 Å². The first-order valence-electron chi connectivity index (χ1n) is 7.48. The van der Waals surface area contributed by atoms with Gasteiger partial charge in [0, 0.05) is 29.6 Å². The summed E-state index contributed by atoms with van der Waals surface area (Å²) in [5.74, 6) is -0.0809. The standard InChI is InChI=1S/C16H17N3O3/c17-15(20)14-4-8-1-2-9(5-13(8)22-14)16(21)19-12-6-11-3-10(12)7-18-11/h1-2,4-5,10-12,18H,3,6-7H2,(H2,17,20)(H,19,21). The molecule has 1 aromatic heterocycles. The first kappa shape index (κ1) is 13.3. The lowest BCUT2D eigenvalue weighted by atomic mass is 10.0. The highest BCUT2D eigenvalue weighted by molar-refractivity contribution is 5.99. The summed E-state index contributed by atoms with van der Waals surface area (Å²) in [4.78, 5) is 23.5. The number of benzene rings is 1. The lowest BCUT2D eigenvalue weighted by Crippen LogP contribution is -2.44. The minimum absolute atomic E-state index is 0.100. The molecule has 4 rings (SSSR count). The number of nitrogens with two attached hydrogens (primary N) is 1. The van der Waals surface area contributed by atoms with E-state index < -0.39 is 5.91 Å². The van der Waals surface area contributed by atoms with E-state index in [2.05, 4.69) is 10.6 Å². The largest absolute Gasteiger partial charge is 0.451 e. The van der Waals surface area contributed by atoms with Crippen LogP contribution in [0.15, 0.2) is 28.7 Å². The molecular weight excluding hydrogens is 282 g/mol. The second-order valence-electron chi connectivity index (χ2n) is 6.14. The predicted octanol–water partition coefficient (Wildman–Crippen LogP) is 1.01. The average molecular weight is 299 g/mol. The second-order valence-corrected chi connectivity index (χ2v) is 6.14. The van der Waals surface area contributed by atoms with Gasteiger partial charge in [-0.3, -0.25) is 9.59 Å². The second kappa shape index (κ2) is 4.84. The van der Waals surface area contributed by atoms with Crippen molar-refractivity contribution in [2.24, 2.45) is 11.7 Å². The van der Waals surface area contributed by atoms with Gasteiger partial charge in [-0.05, 0) is 37.0 Å². The third kappa shape index (κ3) is 2.16. The molecule has 22 heavy (non-hydrogen) atoms. The zero-order valence-electron chi connectivity index (χ0n) is 12.0. The number of rotatable bonds is 3. The van der Waals surface area contributed by atoms with Crippen LogP contribution in [-0.2, 0) is 0 Å². The van der Waals surface area contributed by atoms with Gasteiger partial charge in [-0.15, -0.1) is 0 Å². The summed E-state index contributed by atoms with van der Waals surface area (Å²) in [5.41, 5.74) is 6.23. The van der Waals surface area contributed by atoms with Gasteiger partial charge in [0.2, 0.25) is 0 Å². The number of fused-ring (bicyclic) bond motifs is 3. The topological polar surface area (TPSA) is 97.4 Å². The van der Waals surface area contributed by atoms with Crippen LogP contribution in [0.25, 0.3) is 11.0 Å². The third-order valence-electron chi connectivity index (χ3n) is 4.71. The number of carbonyl (C=O) groups is 2. The van der Waals surface area contributed by atoms with Crippen LogP contribution in [0.3, 0.4) is 0 Å². The molecule has 2 amide bonds. The van der Waals surface area contributed by atoms with Crippen molar-refractivity contribution in [1.29, 1.82) is 0 Å². The van der Waals surface area contributed by atoms with Crippen molar-refractivity contribution >= 4 is 22.8 Å². The van der Waals surface area contributed by atoms with Crippen LogP contribution in [0.4, 0.5) is 0 Å². The molecule has 3 atom stereocenters. The van der Waals surface area contributed by atoms with Crippen molar-refractivity contribution in [3.05, 3.63) is 35.6 Å². The Bertz CT molecular complexity index is 767. The van der Waals surface area contributed by atoms with Gasteiger partial charge in [-0.1, -0.05) is 6.07 Å². The Balaban J connectivity index is 1.55. The number of piperidine rings is 1. The summed E-state index contributed by atoms with van der Waals surface area (Å²) < 4.78 is 5.38. The van der Waals surface area contributed by atoms with Crippen molar-refractivity contribution in [1.82, 2.24) is 10.6 Å². The number of amides is 2. The molecule has 1 aromatic carbocycles. The molecule has 2 aromatic rings. The van der Waals surface area contributed by atoms with Gasteiger partial charge in [0.15, 0.2) is 5.76 Å². The molecule has 2 fully saturated rings. The molecule has 6 heteroatoms. The molecule has 6 nitrogen and oxygen atoms in total. The summed E-state index contributed by atoms with van der Waals surface area (Å²) in [5, 5.41) is 7.29. The fourth-order valence-electron chi connectivity index (χ4n) is 3.56. The number of hydrogen-bond donors (Lipinski definition) is 3. The Kier molecular flexibility index (Phi) is 2.94. The Morgan fingerprint density at radius 3 is 2.82 bits per heavy atom. The van der Waals surface area contributed by atoms with Gasteiger partial charge in [-0.25, -0.2) is 0 Å². The van der Waals surface area contributed by atoms with E-state index in [0.717, 1.165) is 24.8 Å². The van der Waals surface area contributed by atoms with E-state index in [1.165, 1.54) is 0 Å². The van der Waals surface area contributed by atoms with Crippen molar-refractivity contribution < 1.29 is 14.0 Å². The number of carbonyl (C=O) groups excluding carboxylic acids is 2. The summed E-state index contributed by atoms with van der Waals surface area (Å²) in [6.07, 6.45) is 2.13. The molecule has 0 radical (unpaired) electrons. The maximum absolute atomic E-state index is 12.4. The lowest BCUT2D eigenvalue weighted by Gasteiger charge is -2.23. The highest BCUT2D eigenvalue weighted by atomic mass is 16.3. The van der Waals surface area contributed by atoms with Crippen LogP contribution in [-0.4, -0.2) is 30.4 Å². The van der Waals surface area contributed by atoms with E-state index in [0.29, 0.717) is 23.1 Å². The SMILES string of the molecule is NC(=O)c1cc2ccc(C(=O)NC3CC4CC3CN4)cc2o1. The maximum Gasteiger partial charge on any atom is 0.284 e. The van der Waals surface area contributed by atoms with Gasteiger partial charge in [0.1, 0.15) is 5.58 Å². The zero-order chi connectivity index (χ0) is 15.3. The monoisotopic (exact) mass is 299 g/mol. The molecule has 1 aliphatic carbocycles. The average Bonchev–Trinajstić information content (AvgIpc) is 3.20. The van der Waals surface area contributed by atoms with E-state index in [-0.39, 0.29) is 17.7 Å². The fraction of sp³-hybridized carbons (Fsp3) is 0.375. The molecule has 1 saturated heterocycles. The Morgan fingerprint density at radius 1 is 1.27 bits per heavy atom. The number of nitrogens with one attached hydrogen (secondary N) is 2. The van der Waals surface area contributed by atoms with Gasteiger partial charge < -0.3 is 20.8 Å². The highest BCUT2D eigenvalue weighted by Crippen LogP contribution is 2.31. The zero-order valence-corrected chi connectivity index (χ0v) is 12.0. The van der Waals surface area contributed by atoms with Crippen molar-refractivity contribution in [2.75, 3.05) is 6.54 Å². The first-order chi connectivity index (χ1) is 10.6. The molecule has 2 aliphatic rings. The molecule has 1 saturated carbocycles. The van der Waals surface area contributed by atoms with Crippen LogP contribution in [0, 0.1) is 5.92 Å². The molecule has 4 N–H and O–H groups in total. The third-order valence-corrected chi connectivity index (χ3v) is 4.71. The van der Waals surface area contributed by atoms with E-state index in [1.807, 2.05) is 0 Å². The highest BCUT2D eigenvalue weighted by Gasteiger charge is 2.40. The van der Waals surface area contributed by atoms with Gasteiger partial charge in [0.05, 0.1) is 0 Å². The smallest absolute Gasteiger partial charge is 0.284 e. The van der Waals surface area contributed by atoms with Gasteiger partial charge >= 0.3 is 0 Å². The molecule has 2 bridgehead atoms. The minimum atomic E-state index is -0.614. The summed E-state index contributed by atoms with van der Waals surface area (Å²) >= 11 is 0. The lowest BCUT2D eigenvalue weighted by molar-refractivity contribution is 0.0924. The Labute approximate surface area is 127 Å². The Morgan fingerprint density at radius 2 is 2.14 bits per heavy atom. The van der Waals surface area contributed by atoms with Gasteiger partial charge in [-0.2, -0.15) is 0 Å². The molecule has 114 valence electrons. The van der Waals surface area contributed by atoms with E-state index in [9.17, 15) is 9.59 Å². The van der Waals surface area contributed by atoms with Crippen molar-refractivity contribution in [2.45, 2.75) is 24.9 Å². The molecule has 1 aliphatic heterocycles. The van der Waals surface area contributed by atoms with E-state index >= 15 is 0 Å². The van der Waals surface area contributed by atoms with Crippen molar-refractivity contribution in [3.8, 4) is 0 Å². The number of furan rings is 1. The van der Waals surface area contributed by atoms with E-state index in [1.54, 1.807) is 24.3 Å². The number of primary amides is 1. The van der Waals surface area contributed by atoms with Crippen LogP contribution in [0.1, 0.15) is 33.8 Å². The van der Waals surface area contributed by atoms with Crippen LogP contribution in [0.5, 0.6) is 0 Å². The Hall–Kier alpha value is -2.34. The summed E-state index contributed by atoms with van der Waals surface area (Å²) in [6.45, 7) is 0.981. The van der Waals surface area contributed by atoms with Crippen LogP contribution in [0.2, 0.25) is 0 Å². The number of hydrogen-bond acceptors (Lipinski definition) is 4. The van der Waals surface area contributed by atoms with Crippen LogP contribution < -0.4 is 16.4 Å². The maximum atomic E-state index is 12.4. The molecular formula is C16H17N3O3. The normalized spacial score (nSPS) is 26.5. The quantitative estimate of drug-likeness (QED) is 0.788. The van der Waals surface area contributed by atoms with Gasteiger partial charge in [0.25, 0.3) is 11.8 Å². The summed E-state index contributed by atoms with van der Waals surface area (Å²) in [6, 6.07) is 7.53. The summed E-state index contributed by atoms with van der Waals surface area (Å²) in [7, 11) is 0. The first-order valence-corrected chi connectivity index (χ1v) is 7.48.